The van der Waals surface area contributed by atoms with Gasteiger partial charge in [0.05, 0.1) is 16.9 Å². The van der Waals surface area contributed by atoms with E-state index in [1.807, 2.05) is 0 Å². The van der Waals surface area contributed by atoms with E-state index >= 15 is 0 Å². The van der Waals surface area contributed by atoms with E-state index < -0.39 is 33.6 Å². The summed E-state index contributed by atoms with van der Waals surface area (Å²) in [6, 6.07) is 13.6. The van der Waals surface area contributed by atoms with E-state index in [2.05, 4.69) is 5.32 Å². The van der Waals surface area contributed by atoms with Crippen LogP contribution in [0.2, 0.25) is 0 Å². The van der Waals surface area contributed by atoms with Gasteiger partial charge in [0, 0.05) is 11.9 Å². The van der Waals surface area contributed by atoms with Crippen LogP contribution in [0.3, 0.4) is 0 Å². The van der Waals surface area contributed by atoms with Gasteiger partial charge >= 0.3 is 0 Å². The topological polar surface area (TPSA) is 101 Å². The number of carbonyl (C=O) groups excluding carboxylic acids is 3. The van der Waals surface area contributed by atoms with E-state index in [4.69, 9.17) is 0 Å². The average molecular weight is 386 g/mol. The summed E-state index contributed by atoms with van der Waals surface area (Å²) in [7, 11) is -3.39. The van der Waals surface area contributed by atoms with Crippen molar-refractivity contribution in [3.05, 3.63) is 65.7 Å². The molecule has 1 N–H and O–H groups in total. The smallest absolute Gasteiger partial charge is 0.262 e. The van der Waals surface area contributed by atoms with Crippen molar-refractivity contribution in [1.82, 2.24) is 4.90 Å². The molecule has 7 nitrogen and oxygen atoms in total. The fraction of sp³-hybridized carbons (Fsp3) is 0.211. The van der Waals surface area contributed by atoms with Crippen molar-refractivity contribution in [1.29, 1.82) is 0 Å². The van der Waals surface area contributed by atoms with E-state index in [9.17, 15) is 22.8 Å². The van der Waals surface area contributed by atoms with Gasteiger partial charge in [-0.25, -0.2) is 8.42 Å². The number of anilines is 1. The van der Waals surface area contributed by atoms with E-state index in [1.54, 1.807) is 42.5 Å². The standard InChI is InChI=1S/C19H18N2O5S/c1-27(25,26)12-11-16(17(22)20-13-7-3-2-4-8-13)21-18(23)14-9-5-6-10-15(14)19(21)24/h2-10,16H,11-12H2,1H3,(H,20,22). The average Bonchev–Trinajstić information content (AvgIpc) is 2.87. The van der Waals surface area contributed by atoms with Gasteiger partial charge in [-0.2, -0.15) is 0 Å². The van der Waals surface area contributed by atoms with E-state index in [-0.39, 0.29) is 23.3 Å². The minimum absolute atomic E-state index is 0.178. The van der Waals surface area contributed by atoms with Crippen molar-refractivity contribution in [2.24, 2.45) is 0 Å². The Balaban J connectivity index is 1.91. The first-order chi connectivity index (χ1) is 12.8. The number of rotatable bonds is 6. The maximum Gasteiger partial charge on any atom is 0.262 e. The molecule has 140 valence electrons. The number of hydrogen-bond donors (Lipinski definition) is 1. The van der Waals surface area contributed by atoms with Crippen LogP contribution in [-0.4, -0.2) is 49.1 Å². The molecular formula is C19H18N2O5S. The van der Waals surface area contributed by atoms with Gasteiger partial charge in [-0.15, -0.1) is 0 Å². The minimum Gasteiger partial charge on any atom is -0.324 e. The third-order valence-corrected chi connectivity index (χ3v) is 5.22. The third-order valence-electron chi connectivity index (χ3n) is 4.24. The quantitative estimate of drug-likeness (QED) is 0.762. The van der Waals surface area contributed by atoms with E-state index in [0.717, 1.165) is 11.2 Å². The summed E-state index contributed by atoms with van der Waals surface area (Å²) in [6.07, 6.45) is 0.866. The molecule has 0 aromatic heterocycles. The molecule has 1 unspecified atom stereocenters. The lowest BCUT2D eigenvalue weighted by molar-refractivity contribution is -0.120. The maximum atomic E-state index is 12.8. The predicted molar refractivity (Wildman–Crippen MR) is 100 cm³/mol. The molecule has 0 bridgehead atoms. The van der Waals surface area contributed by atoms with Crippen molar-refractivity contribution in [2.45, 2.75) is 12.5 Å². The first-order valence-electron chi connectivity index (χ1n) is 8.28. The first-order valence-corrected chi connectivity index (χ1v) is 10.3. The first kappa shape index (κ1) is 18.8. The molecule has 0 fully saturated rings. The molecule has 1 heterocycles. The van der Waals surface area contributed by atoms with Gasteiger partial charge in [-0.3, -0.25) is 19.3 Å². The second kappa shape index (κ2) is 7.32. The Labute approximate surface area is 156 Å². The monoisotopic (exact) mass is 386 g/mol. The molecule has 3 rings (SSSR count). The Kier molecular flexibility index (Phi) is 5.09. The van der Waals surface area contributed by atoms with Crippen LogP contribution >= 0.6 is 0 Å². The fourth-order valence-corrected chi connectivity index (χ4v) is 3.59. The van der Waals surface area contributed by atoms with Crippen LogP contribution in [0.4, 0.5) is 5.69 Å². The Hall–Kier alpha value is -3.00. The molecule has 1 atom stereocenters. The van der Waals surface area contributed by atoms with Crippen LogP contribution in [0.15, 0.2) is 54.6 Å². The molecule has 2 aromatic rings. The van der Waals surface area contributed by atoms with Gasteiger partial charge in [0.15, 0.2) is 0 Å². The van der Waals surface area contributed by atoms with Gasteiger partial charge in [0.25, 0.3) is 11.8 Å². The summed E-state index contributed by atoms with van der Waals surface area (Å²) in [5, 5.41) is 2.64. The zero-order valence-corrected chi connectivity index (χ0v) is 15.4. The molecule has 0 spiro atoms. The highest BCUT2D eigenvalue weighted by molar-refractivity contribution is 7.90. The second-order valence-electron chi connectivity index (χ2n) is 6.32. The summed E-state index contributed by atoms with van der Waals surface area (Å²) in [5.74, 6) is -2.14. The van der Waals surface area contributed by atoms with Crippen molar-refractivity contribution < 1.29 is 22.8 Å². The molecule has 2 aromatic carbocycles. The van der Waals surface area contributed by atoms with Crippen molar-refractivity contribution in [2.75, 3.05) is 17.3 Å². The van der Waals surface area contributed by atoms with Crippen LogP contribution in [0.1, 0.15) is 27.1 Å². The maximum absolute atomic E-state index is 12.8. The van der Waals surface area contributed by atoms with Crippen LogP contribution in [0, 0.1) is 0 Å². The lowest BCUT2D eigenvalue weighted by Gasteiger charge is -2.25. The summed E-state index contributed by atoms with van der Waals surface area (Å²) in [5.41, 5.74) is 0.905. The molecule has 3 amide bonds. The summed E-state index contributed by atoms with van der Waals surface area (Å²) >= 11 is 0. The molecule has 0 saturated heterocycles. The zero-order chi connectivity index (χ0) is 19.6. The highest BCUT2D eigenvalue weighted by atomic mass is 32.2. The minimum atomic E-state index is -3.39. The molecule has 0 radical (unpaired) electrons. The van der Waals surface area contributed by atoms with Crippen LogP contribution in [-0.2, 0) is 14.6 Å². The normalized spacial score (nSPS) is 14.8. The highest BCUT2D eigenvalue weighted by Crippen LogP contribution is 2.26. The number of benzene rings is 2. The Morgan fingerprint density at radius 3 is 2.00 bits per heavy atom. The number of fused-ring (bicyclic) bond motifs is 1. The Morgan fingerprint density at radius 2 is 1.48 bits per heavy atom. The Bertz CT molecular complexity index is 967. The molecule has 1 aliphatic heterocycles. The SMILES string of the molecule is CS(=O)(=O)CCC(C(=O)Nc1ccccc1)N1C(=O)c2ccccc2C1=O. The molecule has 0 saturated carbocycles. The lowest BCUT2D eigenvalue weighted by atomic mass is 10.1. The third kappa shape index (κ3) is 4.06. The number of carbonyl (C=O) groups is 3. The van der Waals surface area contributed by atoms with Gasteiger partial charge in [0.1, 0.15) is 15.9 Å². The molecule has 0 aliphatic carbocycles. The van der Waals surface area contributed by atoms with Crippen LogP contribution in [0.25, 0.3) is 0 Å². The molecule has 8 heteroatoms. The van der Waals surface area contributed by atoms with Gasteiger partial charge < -0.3 is 5.32 Å². The van der Waals surface area contributed by atoms with E-state index in [1.165, 1.54) is 12.1 Å². The largest absolute Gasteiger partial charge is 0.324 e. The number of sulfone groups is 1. The molecule has 27 heavy (non-hydrogen) atoms. The van der Waals surface area contributed by atoms with Gasteiger partial charge in [-0.05, 0) is 30.7 Å². The van der Waals surface area contributed by atoms with Crippen molar-refractivity contribution >= 4 is 33.2 Å². The molecule has 1 aliphatic rings. The number of nitrogens with one attached hydrogen (secondary N) is 1. The number of imide groups is 1. The zero-order valence-electron chi connectivity index (χ0n) is 14.6. The number of amides is 3. The van der Waals surface area contributed by atoms with E-state index in [0.29, 0.717) is 5.69 Å². The summed E-state index contributed by atoms with van der Waals surface area (Å²) in [4.78, 5) is 39.1. The summed E-state index contributed by atoms with van der Waals surface area (Å²) < 4.78 is 23.2. The number of nitrogens with zero attached hydrogens (tertiary/aromatic N) is 1. The summed E-state index contributed by atoms with van der Waals surface area (Å²) in [6.45, 7) is 0. The van der Waals surface area contributed by atoms with Crippen molar-refractivity contribution in [3.63, 3.8) is 0 Å². The second-order valence-corrected chi connectivity index (χ2v) is 8.58. The highest BCUT2D eigenvalue weighted by Gasteiger charge is 2.42. The van der Waals surface area contributed by atoms with Crippen LogP contribution < -0.4 is 5.32 Å². The predicted octanol–water partition coefficient (Wildman–Crippen LogP) is 1.72. The number of hydrogen-bond acceptors (Lipinski definition) is 5. The van der Waals surface area contributed by atoms with Gasteiger partial charge in [-0.1, -0.05) is 30.3 Å². The Morgan fingerprint density at radius 1 is 0.963 bits per heavy atom. The fourth-order valence-electron chi connectivity index (χ4n) is 2.94. The van der Waals surface area contributed by atoms with Gasteiger partial charge in [0.2, 0.25) is 5.91 Å². The van der Waals surface area contributed by atoms with Crippen LogP contribution in [0.5, 0.6) is 0 Å². The molecular weight excluding hydrogens is 368 g/mol. The number of para-hydroxylation sites is 1. The lowest BCUT2D eigenvalue weighted by Crippen LogP contribution is -2.48. The van der Waals surface area contributed by atoms with Crippen molar-refractivity contribution in [3.8, 4) is 0 Å².